The van der Waals surface area contributed by atoms with E-state index < -0.39 is 0 Å². The van der Waals surface area contributed by atoms with E-state index in [9.17, 15) is 4.79 Å². The monoisotopic (exact) mass is 313 g/mol. The molecule has 1 unspecified atom stereocenters. The van der Waals surface area contributed by atoms with Crippen molar-refractivity contribution in [2.75, 3.05) is 20.1 Å². The van der Waals surface area contributed by atoms with Crippen LogP contribution in [0.5, 0.6) is 0 Å². The topological polar surface area (TPSA) is 65.1 Å². The molecule has 1 aromatic carbocycles. The highest BCUT2D eigenvalue weighted by atomic mass is 16.2. The molecule has 0 spiro atoms. The van der Waals surface area contributed by atoms with Crippen LogP contribution in [0.3, 0.4) is 0 Å². The molecule has 2 heterocycles. The van der Waals surface area contributed by atoms with E-state index in [0.29, 0.717) is 6.54 Å². The lowest BCUT2D eigenvalue weighted by atomic mass is 10.0. The van der Waals surface area contributed by atoms with Crippen molar-refractivity contribution in [3.63, 3.8) is 0 Å². The number of rotatable bonds is 5. The molecule has 122 valence electrons. The van der Waals surface area contributed by atoms with Crippen molar-refractivity contribution in [3.05, 3.63) is 48.0 Å². The summed E-state index contributed by atoms with van der Waals surface area (Å²) in [6, 6.07) is 10.2. The summed E-state index contributed by atoms with van der Waals surface area (Å²) in [5.41, 5.74) is 1.22. The highest BCUT2D eigenvalue weighted by Crippen LogP contribution is 2.28. The second-order valence-corrected chi connectivity index (χ2v) is 6.13. The number of piperidine rings is 1. The Kier molecular flexibility index (Phi) is 5.02. The van der Waals surface area contributed by atoms with Crippen LogP contribution in [0.25, 0.3) is 0 Å². The molecule has 1 aliphatic rings. The summed E-state index contributed by atoms with van der Waals surface area (Å²) in [5.74, 6) is 0.952. The number of hydrogen-bond acceptors (Lipinski definition) is 4. The molecule has 23 heavy (non-hydrogen) atoms. The number of hydrogen-bond donors (Lipinski definition) is 1. The molecule has 0 saturated carbocycles. The fourth-order valence-electron chi connectivity index (χ4n) is 3.16. The van der Waals surface area contributed by atoms with Crippen LogP contribution in [-0.2, 0) is 11.3 Å². The first-order valence-electron chi connectivity index (χ1n) is 8.11. The van der Waals surface area contributed by atoms with Crippen molar-refractivity contribution in [1.29, 1.82) is 0 Å². The first-order valence-corrected chi connectivity index (χ1v) is 8.11. The molecule has 3 rings (SSSR count). The number of carbonyl (C=O) groups is 1. The van der Waals surface area contributed by atoms with E-state index in [1.165, 1.54) is 11.9 Å². The summed E-state index contributed by atoms with van der Waals surface area (Å²) in [7, 11) is 1.98. The van der Waals surface area contributed by atoms with Gasteiger partial charge in [-0.25, -0.2) is 4.98 Å². The van der Waals surface area contributed by atoms with Crippen LogP contribution < -0.4 is 0 Å². The van der Waals surface area contributed by atoms with E-state index in [-0.39, 0.29) is 11.9 Å². The van der Waals surface area contributed by atoms with Crippen LogP contribution in [-0.4, -0.2) is 51.0 Å². The van der Waals surface area contributed by atoms with E-state index in [0.717, 1.165) is 38.2 Å². The maximum absolute atomic E-state index is 12.7. The Balaban J connectivity index is 1.61. The van der Waals surface area contributed by atoms with E-state index in [1.54, 1.807) is 0 Å². The average molecular weight is 313 g/mol. The Morgan fingerprint density at radius 2 is 2.17 bits per heavy atom. The number of aromatic amines is 1. The van der Waals surface area contributed by atoms with E-state index in [1.807, 2.05) is 30.1 Å². The molecule has 1 amide bonds. The molecular weight excluding hydrogens is 290 g/mol. The van der Waals surface area contributed by atoms with Gasteiger partial charge in [-0.15, -0.1) is 0 Å². The number of aromatic nitrogens is 3. The van der Waals surface area contributed by atoms with Crippen LogP contribution in [0.1, 0.15) is 36.7 Å². The Morgan fingerprint density at radius 1 is 1.35 bits per heavy atom. The number of carbonyl (C=O) groups excluding carboxylic acids is 1. The van der Waals surface area contributed by atoms with Gasteiger partial charge < -0.3 is 4.90 Å². The van der Waals surface area contributed by atoms with Crippen molar-refractivity contribution in [2.45, 2.75) is 31.8 Å². The third kappa shape index (κ3) is 3.96. The summed E-state index contributed by atoms with van der Waals surface area (Å²) in [6.07, 6.45) is 4.63. The van der Waals surface area contributed by atoms with Gasteiger partial charge in [-0.3, -0.25) is 14.8 Å². The Bertz CT molecular complexity index is 613. The van der Waals surface area contributed by atoms with Crippen LogP contribution >= 0.6 is 0 Å². The van der Waals surface area contributed by atoms with Crippen LogP contribution in [0, 0.1) is 0 Å². The van der Waals surface area contributed by atoms with Gasteiger partial charge in [0.15, 0.2) is 0 Å². The number of amides is 1. The number of likely N-dealkylation sites (N-methyl/N-ethyl adjacent to an activating group) is 1. The third-order valence-electron chi connectivity index (χ3n) is 4.27. The largest absolute Gasteiger partial charge is 0.331 e. The number of nitrogens with one attached hydrogen (secondary N) is 1. The van der Waals surface area contributed by atoms with Gasteiger partial charge in [-0.05, 0) is 31.9 Å². The SMILES string of the molecule is CN(CC(=O)N1CCCCC1c1ncn[nH]1)Cc1ccccc1. The third-order valence-corrected chi connectivity index (χ3v) is 4.27. The summed E-state index contributed by atoms with van der Waals surface area (Å²) < 4.78 is 0. The predicted octanol–water partition coefficient (Wildman–Crippen LogP) is 1.99. The Hall–Kier alpha value is -2.21. The van der Waals surface area contributed by atoms with Crippen LogP contribution in [0.4, 0.5) is 0 Å². The highest BCUT2D eigenvalue weighted by Gasteiger charge is 2.30. The minimum atomic E-state index is 0.0314. The quantitative estimate of drug-likeness (QED) is 0.917. The molecule has 1 atom stereocenters. The lowest BCUT2D eigenvalue weighted by molar-refractivity contribution is -0.136. The van der Waals surface area contributed by atoms with E-state index in [4.69, 9.17) is 0 Å². The summed E-state index contributed by atoms with van der Waals surface area (Å²) in [5, 5.41) is 6.84. The standard InChI is InChI=1S/C17H23N5O/c1-21(11-14-7-3-2-4-8-14)12-16(23)22-10-6-5-9-15(22)17-18-13-19-20-17/h2-4,7-8,13,15H,5-6,9-12H2,1H3,(H,18,19,20). The molecule has 2 aromatic rings. The molecule has 1 N–H and O–H groups in total. The minimum absolute atomic E-state index is 0.0314. The fourth-order valence-corrected chi connectivity index (χ4v) is 3.16. The van der Waals surface area contributed by atoms with Gasteiger partial charge in [0.1, 0.15) is 12.2 Å². The van der Waals surface area contributed by atoms with Gasteiger partial charge in [-0.2, -0.15) is 5.10 Å². The highest BCUT2D eigenvalue weighted by molar-refractivity contribution is 5.78. The molecular formula is C17H23N5O. The Labute approximate surface area is 136 Å². The molecule has 0 aliphatic carbocycles. The second kappa shape index (κ2) is 7.37. The zero-order valence-electron chi connectivity index (χ0n) is 13.5. The number of nitrogens with zero attached hydrogens (tertiary/aromatic N) is 4. The van der Waals surface area contributed by atoms with Gasteiger partial charge >= 0.3 is 0 Å². The van der Waals surface area contributed by atoms with Gasteiger partial charge in [0, 0.05) is 13.1 Å². The zero-order valence-corrected chi connectivity index (χ0v) is 13.5. The van der Waals surface area contributed by atoms with Crippen LogP contribution in [0.15, 0.2) is 36.7 Å². The predicted molar refractivity (Wildman–Crippen MR) is 87.5 cm³/mol. The van der Waals surface area contributed by atoms with Gasteiger partial charge in [0.25, 0.3) is 0 Å². The van der Waals surface area contributed by atoms with Crippen LogP contribution in [0.2, 0.25) is 0 Å². The molecule has 1 aliphatic heterocycles. The summed E-state index contributed by atoms with van der Waals surface area (Å²) in [6.45, 7) is 1.98. The summed E-state index contributed by atoms with van der Waals surface area (Å²) in [4.78, 5) is 21.0. The number of likely N-dealkylation sites (tertiary alicyclic amines) is 1. The maximum atomic E-state index is 12.7. The van der Waals surface area contributed by atoms with E-state index >= 15 is 0 Å². The average Bonchev–Trinajstić information content (AvgIpc) is 3.10. The molecule has 1 saturated heterocycles. The smallest absolute Gasteiger partial charge is 0.237 e. The zero-order chi connectivity index (χ0) is 16.1. The molecule has 1 fully saturated rings. The van der Waals surface area contributed by atoms with Crippen molar-refractivity contribution in [1.82, 2.24) is 25.0 Å². The lowest BCUT2D eigenvalue weighted by Crippen LogP contribution is -2.43. The van der Waals surface area contributed by atoms with Crippen molar-refractivity contribution in [2.24, 2.45) is 0 Å². The molecule has 1 aromatic heterocycles. The van der Waals surface area contributed by atoms with Crippen molar-refractivity contribution < 1.29 is 4.79 Å². The normalized spacial score (nSPS) is 18.3. The van der Waals surface area contributed by atoms with Gasteiger partial charge in [0.05, 0.1) is 12.6 Å². The van der Waals surface area contributed by atoms with Crippen molar-refractivity contribution >= 4 is 5.91 Å². The molecule has 6 nitrogen and oxygen atoms in total. The molecule has 0 bridgehead atoms. The number of benzene rings is 1. The maximum Gasteiger partial charge on any atom is 0.237 e. The minimum Gasteiger partial charge on any atom is -0.331 e. The molecule has 6 heteroatoms. The van der Waals surface area contributed by atoms with E-state index in [2.05, 4.69) is 32.2 Å². The fraction of sp³-hybridized carbons (Fsp3) is 0.471. The van der Waals surface area contributed by atoms with Gasteiger partial charge in [-0.1, -0.05) is 30.3 Å². The van der Waals surface area contributed by atoms with Crippen molar-refractivity contribution in [3.8, 4) is 0 Å². The Morgan fingerprint density at radius 3 is 2.91 bits per heavy atom. The number of H-pyrrole nitrogens is 1. The second-order valence-electron chi connectivity index (χ2n) is 6.13. The molecule has 0 radical (unpaired) electrons. The first-order chi connectivity index (χ1) is 11.2. The lowest BCUT2D eigenvalue weighted by Gasteiger charge is -2.35. The van der Waals surface area contributed by atoms with Gasteiger partial charge in [0.2, 0.25) is 5.91 Å². The summed E-state index contributed by atoms with van der Waals surface area (Å²) >= 11 is 0. The first kappa shape index (κ1) is 15.7.